The van der Waals surface area contributed by atoms with Crippen LogP contribution >= 0.6 is 11.3 Å². The summed E-state index contributed by atoms with van der Waals surface area (Å²) in [7, 11) is 4.47. The van der Waals surface area contributed by atoms with Crippen LogP contribution in [-0.2, 0) is 6.61 Å². The summed E-state index contributed by atoms with van der Waals surface area (Å²) >= 11 is 1.37. The molecule has 0 radical (unpaired) electrons. The molecule has 2 heterocycles. The fourth-order valence-electron chi connectivity index (χ4n) is 3.39. The topological polar surface area (TPSA) is 100 Å². The number of thiazole rings is 1. The molecule has 4 aromatic rings. The number of methoxy groups -OCH3 is 3. The predicted octanol–water partition coefficient (Wildman–Crippen LogP) is 3.92. The fourth-order valence-corrected chi connectivity index (χ4v) is 4.13. The first-order chi connectivity index (χ1) is 16.4. The van der Waals surface area contributed by atoms with Crippen molar-refractivity contribution in [3.63, 3.8) is 0 Å². The third-order valence-electron chi connectivity index (χ3n) is 5.04. The third kappa shape index (κ3) is 4.67. The lowest BCUT2D eigenvalue weighted by Gasteiger charge is -2.16. The normalized spacial score (nSPS) is 10.7. The summed E-state index contributed by atoms with van der Waals surface area (Å²) in [5, 5.41) is 4.68. The Labute approximate surface area is 199 Å². The number of hydrogen-bond donors (Lipinski definition) is 1. The van der Waals surface area contributed by atoms with Crippen molar-refractivity contribution in [2.24, 2.45) is 0 Å². The number of nitrogens with one attached hydrogen (secondary N) is 1. The summed E-state index contributed by atoms with van der Waals surface area (Å²) in [5.41, 5.74) is 2.05. The Bertz CT molecular complexity index is 1390. The Hall–Kier alpha value is -4.05. The minimum Gasteiger partial charge on any atom is -0.493 e. The van der Waals surface area contributed by atoms with Crippen molar-refractivity contribution in [2.45, 2.75) is 13.5 Å². The van der Waals surface area contributed by atoms with E-state index in [1.807, 2.05) is 13.0 Å². The number of nitrogens with zero attached hydrogens (tertiary/aromatic N) is 2. The first kappa shape index (κ1) is 23.1. The summed E-state index contributed by atoms with van der Waals surface area (Å²) in [4.78, 5) is 30.3. The standard InChI is InChI=1S/C24H23N3O6S/c1-14-5-6-18(33-13-16-12-21(28)27-7-8-34-24(27)25-16)17(9-14)26-23(29)15-10-19(30-2)22(32-4)20(11-15)31-3/h5-12H,13H2,1-4H3,(H,26,29). The van der Waals surface area contributed by atoms with Crippen LogP contribution in [0.25, 0.3) is 4.96 Å². The van der Waals surface area contributed by atoms with E-state index in [1.165, 1.54) is 43.1 Å². The zero-order valence-electron chi connectivity index (χ0n) is 19.1. The minimum absolute atomic E-state index is 0.0692. The Morgan fingerprint density at radius 1 is 1.03 bits per heavy atom. The van der Waals surface area contributed by atoms with Crippen LogP contribution in [0.3, 0.4) is 0 Å². The van der Waals surface area contributed by atoms with Crippen molar-refractivity contribution < 1.29 is 23.7 Å². The molecule has 2 aromatic heterocycles. The maximum atomic E-state index is 13.1. The Kier molecular flexibility index (Phi) is 6.69. The number of aromatic nitrogens is 2. The largest absolute Gasteiger partial charge is 0.493 e. The molecule has 0 saturated carbocycles. The maximum Gasteiger partial charge on any atom is 0.258 e. The molecule has 9 nitrogen and oxygen atoms in total. The van der Waals surface area contributed by atoms with E-state index >= 15 is 0 Å². The molecule has 0 aliphatic heterocycles. The molecule has 0 saturated heterocycles. The minimum atomic E-state index is -0.383. The Morgan fingerprint density at radius 2 is 1.76 bits per heavy atom. The molecule has 4 rings (SSSR count). The zero-order valence-corrected chi connectivity index (χ0v) is 19.9. The number of hydrogen-bond acceptors (Lipinski definition) is 8. The molecule has 0 bridgehead atoms. The summed E-state index contributed by atoms with van der Waals surface area (Å²) in [6.45, 7) is 1.98. The van der Waals surface area contributed by atoms with Gasteiger partial charge in [0.1, 0.15) is 12.4 Å². The van der Waals surface area contributed by atoms with Crippen molar-refractivity contribution in [3.05, 3.63) is 75.1 Å². The number of rotatable bonds is 8. The van der Waals surface area contributed by atoms with E-state index in [1.54, 1.807) is 35.8 Å². The van der Waals surface area contributed by atoms with Gasteiger partial charge in [-0.1, -0.05) is 6.07 Å². The van der Waals surface area contributed by atoms with Gasteiger partial charge in [-0.2, -0.15) is 0 Å². The van der Waals surface area contributed by atoms with Gasteiger partial charge in [-0.3, -0.25) is 14.0 Å². The van der Waals surface area contributed by atoms with Crippen LogP contribution in [0.2, 0.25) is 0 Å². The van der Waals surface area contributed by atoms with Gasteiger partial charge in [-0.25, -0.2) is 4.98 Å². The van der Waals surface area contributed by atoms with Gasteiger partial charge in [-0.05, 0) is 36.8 Å². The van der Waals surface area contributed by atoms with E-state index in [0.717, 1.165) is 5.56 Å². The Morgan fingerprint density at radius 3 is 2.44 bits per heavy atom. The number of aryl methyl sites for hydroxylation is 1. The zero-order chi connectivity index (χ0) is 24.2. The summed E-state index contributed by atoms with van der Waals surface area (Å²) in [6, 6.07) is 10.0. The highest BCUT2D eigenvalue weighted by Crippen LogP contribution is 2.38. The molecule has 0 unspecified atom stereocenters. The monoisotopic (exact) mass is 481 g/mol. The Balaban J connectivity index is 1.58. The van der Waals surface area contributed by atoms with Crippen LogP contribution in [-0.4, -0.2) is 36.6 Å². The SMILES string of the molecule is COc1cc(C(=O)Nc2cc(C)ccc2OCc2cc(=O)n3ccsc3n2)cc(OC)c1OC. The van der Waals surface area contributed by atoms with Gasteiger partial charge in [0.2, 0.25) is 5.75 Å². The highest BCUT2D eigenvalue weighted by atomic mass is 32.1. The highest BCUT2D eigenvalue weighted by Gasteiger charge is 2.18. The molecular formula is C24H23N3O6S. The molecule has 1 N–H and O–H groups in total. The summed E-state index contributed by atoms with van der Waals surface area (Å²) < 4.78 is 23.4. The highest BCUT2D eigenvalue weighted by molar-refractivity contribution is 7.15. The van der Waals surface area contributed by atoms with Crippen LogP contribution in [0, 0.1) is 6.92 Å². The lowest BCUT2D eigenvalue weighted by atomic mass is 10.1. The molecular weight excluding hydrogens is 458 g/mol. The number of ether oxygens (including phenoxy) is 4. The van der Waals surface area contributed by atoms with Crippen molar-refractivity contribution in [2.75, 3.05) is 26.6 Å². The molecule has 0 fully saturated rings. The van der Waals surface area contributed by atoms with Gasteiger partial charge in [0.05, 0.1) is 32.7 Å². The van der Waals surface area contributed by atoms with Crippen LogP contribution in [0.15, 0.2) is 52.8 Å². The molecule has 0 atom stereocenters. The number of amides is 1. The second-order valence-corrected chi connectivity index (χ2v) is 8.17. The number of carbonyl (C=O) groups is 1. The first-order valence-corrected chi connectivity index (χ1v) is 11.1. The van der Waals surface area contributed by atoms with Gasteiger partial charge < -0.3 is 24.3 Å². The van der Waals surface area contributed by atoms with E-state index in [-0.39, 0.29) is 18.1 Å². The van der Waals surface area contributed by atoms with E-state index in [0.29, 0.717) is 44.9 Å². The second kappa shape index (κ2) is 9.84. The van der Waals surface area contributed by atoms with Gasteiger partial charge >= 0.3 is 0 Å². The van der Waals surface area contributed by atoms with Crippen molar-refractivity contribution in [3.8, 4) is 23.0 Å². The van der Waals surface area contributed by atoms with Crippen molar-refractivity contribution >= 4 is 27.9 Å². The average Bonchev–Trinajstić information content (AvgIpc) is 3.32. The second-order valence-electron chi connectivity index (χ2n) is 7.30. The lowest BCUT2D eigenvalue weighted by Crippen LogP contribution is -2.15. The molecule has 34 heavy (non-hydrogen) atoms. The van der Waals surface area contributed by atoms with Gasteiger partial charge in [0, 0.05) is 23.2 Å². The molecule has 1 amide bonds. The van der Waals surface area contributed by atoms with E-state index in [9.17, 15) is 9.59 Å². The van der Waals surface area contributed by atoms with E-state index in [2.05, 4.69) is 10.3 Å². The lowest BCUT2D eigenvalue weighted by molar-refractivity contribution is 0.102. The van der Waals surface area contributed by atoms with Crippen LogP contribution in [0.5, 0.6) is 23.0 Å². The van der Waals surface area contributed by atoms with Gasteiger partial charge in [0.15, 0.2) is 16.5 Å². The van der Waals surface area contributed by atoms with Crippen molar-refractivity contribution in [1.82, 2.24) is 9.38 Å². The number of carbonyl (C=O) groups excluding carboxylic acids is 1. The molecule has 0 spiro atoms. The smallest absolute Gasteiger partial charge is 0.258 e. The first-order valence-electron chi connectivity index (χ1n) is 10.2. The molecule has 10 heteroatoms. The van der Waals surface area contributed by atoms with Gasteiger partial charge in [-0.15, -0.1) is 11.3 Å². The predicted molar refractivity (Wildman–Crippen MR) is 129 cm³/mol. The molecule has 176 valence electrons. The molecule has 0 aliphatic carbocycles. The van der Waals surface area contributed by atoms with Crippen LogP contribution in [0.1, 0.15) is 21.6 Å². The molecule has 0 aliphatic rings. The number of fused-ring (bicyclic) bond motifs is 1. The van der Waals surface area contributed by atoms with Crippen LogP contribution in [0.4, 0.5) is 5.69 Å². The molecule has 2 aromatic carbocycles. The van der Waals surface area contributed by atoms with Crippen molar-refractivity contribution in [1.29, 1.82) is 0 Å². The quantitative estimate of drug-likeness (QED) is 0.407. The van der Waals surface area contributed by atoms with E-state index < -0.39 is 0 Å². The third-order valence-corrected chi connectivity index (χ3v) is 5.80. The number of benzene rings is 2. The summed E-state index contributed by atoms with van der Waals surface area (Å²) in [6.07, 6.45) is 1.68. The fraction of sp³-hybridized carbons (Fsp3) is 0.208. The number of anilines is 1. The van der Waals surface area contributed by atoms with Gasteiger partial charge in [0.25, 0.3) is 11.5 Å². The van der Waals surface area contributed by atoms with Crippen LogP contribution < -0.4 is 29.8 Å². The summed E-state index contributed by atoms with van der Waals surface area (Å²) in [5.74, 6) is 1.20. The average molecular weight is 482 g/mol. The van der Waals surface area contributed by atoms with E-state index in [4.69, 9.17) is 18.9 Å². The maximum absolute atomic E-state index is 13.1.